The number of nitrogens with zero attached hydrogens (tertiary/aromatic N) is 1. The van der Waals surface area contributed by atoms with E-state index < -0.39 is 20.0 Å². The second kappa shape index (κ2) is 7.16. The minimum absolute atomic E-state index is 0.0261. The Hall–Kier alpha value is -1.16. The number of ether oxygens (including phenoxy) is 1. The van der Waals surface area contributed by atoms with Crippen molar-refractivity contribution < 1.29 is 21.6 Å². The van der Waals surface area contributed by atoms with Crippen molar-refractivity contribution in [2.45, 2.75) is 31.2 Å². The van der Waals surface area contributed by atoms with Crippen molar-refractivity contribution in [3.8, 4) is 0 Å². The Kier molecular flexibility index (Phi) is 5.66. The molecule has 1 aliphatic heterocycles. The Bertz CT molecular complexity index is 729. The molecule has 0 bridgehead atoms. The molecule has 0 amide bonds. The lowest BCUT2D eigenvalue weighted by molar-refractivity contribution is 0.0393. The van der Waals surface area contributed by atoms with Gasteiger partial charge in [0.1, 0.15) is 0 Å². The fourth-order valence-corrected chi connectivity index (χ4v) is 5.13. The van der Waals surface area contributed by atoms with E-state index in [1.54, 1.807) is 13.8 Å². The summed E-state index contributed by atoms with van der Waals surface area (Å²) in [5.41, 5.74) is 0.354. The maximum Gasteiger partial charge on any atom is 0.243 e. The Balaban J connectivity index is 2.18. The summed E-state index contributed by atoms with van der Waals surface area (Å²) < 4.78 is 57.8. The first kappa shape index (κ1) is 18.2. The van der Waals surface area contributed by atoms with Crippen LogP contribution < -0.4 is 4.72 Å². The van der Waals surface area contributed by atoms with Crippen molar-refractivity contribution in [1.29, 1.82) is 0 Å². The molecule has 0 spiro atoms. The summed E-state index contributed by atoms with van der Waals surface area (Å²) in [4.78, 5) is 0.143. The number of hydrogen-bond acceptors (Lipinski definition) is 5. The number of hydrogen-bond donors (Lipinski definition) is 1. The minimum Gasteiger partial charge on any atom is -0.378 e. The van der Waals surface area contributed by atoms with E-state index in [2.05, 4.69) is 4.72 Å². The molecule has 1 fully saturated rings. The van der Waals surface area contributed by atoms with Gasteiger partial charge in [0, 0.05) is 18.3 Å². The van der Waals surface area contributed by atoms with E-state index in [1.165, 1.54) is 28.6 Å². The molecule has 0 aliphatic carbocycles. The van der Waals surface area contributed by atoms with Gasteiger partial charge in [0.15, 0.2) is 0 Å². The largest absolute Gasteiger partial charge is 0.378 e. The van der Waals surface area contributed by atoms with E-state index in [0.29, 0.717) is 31.9 Å². The van der Waals surface area contributed by atoms with Gasteiger partial charge < -0.3 is 4.74 Å². The number of anilines is 1. The zero-order valence-corrected chi connectivity index (χ0v) is 14.9. The number of sulfonamides is 2. The van der Waals surface area contributed by atoms with Crippen LogP contribution in [0.25, 0.3) is 0 Å². The maximum atomic E-state index is 12.6. The van der Waals surface area contributed by atoms with Crippen LogP contribution in [0.5, 0.6) is 0 Å². The third-order valence-electron chi connectivity index (χ3n) is 3.51. The molecule has 9 heteroatoms. The lowest BCUT2D eigenvalue weighted by Gasteiger charge is -2.32. The fraction of sp³-hybridized carbons (Fsp3) is 0.571. The lowest BCUT2D eigenvalue weighted by atomic mass is 10.3. The third-order valence-corrected chi connectivity index (χ3v) is 7.03. The molecular weight excluding hydrogens is 340 g/mol. The highest BCUT2D eigenvalue weighted by atomic mass is 32.2. The molecule has 1 unspecified atom stereocenters. The van der Waals surface area contributed by atoms with Crippen molar-refractivity contribution in [3.05, 3.63) is 24.3 Å². The van der Waals surface area contributed by atoms with E-state index in [0.717, 1.165) is 0 Å². The predicted octanol–water partition coefficient (Wildman–Crippen LogP) is 1.25. The topological polar surface area (TPSA) is 92.8 Å². The van der Waals surface area contributed by atoms with Crippen LogP contribution in [0.2, 0.25) is 0 Å². The maximum absolute atomic E-state index is 12.6. The third kappa shape index (κ3) is 4.43. The summed E-state index contributed by atoms with van der Waals surface area (Å²) in [6.45, 7) is 4.63. The predicted molar refractivity (Wildman–Crippen MR) is 88.3 cm³/mol. The Morgan fingerprint density at radius 1 is 1.22 bits per heavy atom. The van der Waals surface area contributed by atoms with Crippen LogP contribution in [-0.4, -0.2) is 52.7 Å². The molecule has 0 radical (unpaired) electrons. The molecule has 1 aromatic rings. The summed E-state index contributed by atoms with van der Waals surface area (Å²) in [5.74, 6) is 0.0261. The quantitative estimate of drug-likeness (QED) is 0.822. The van der Waals surface area contributed by atoms with Crippen molar-refractivity contribution in [3.63, 3.8) is 0 Å². The molecule has 7 nitrogen and oxygen atoms in total. The smallest absolute Gasteiger partial charge is 0.243 e. The molecule has 1 heterocycles. The number of benzene rings is 1. The highest BCUT2D eigenvalue weighted by molar-refractivity contribution is 7.92. The van der Waals surface area contributed by atoms with Gasteiger partial charge in [-0.3, -0.25) is 4.72 Å². The molecular formula is C14H22N2O5S2. The highest BCUT2D eigenvalue weighted by Gasteiger charge is 2.31. The molecule has 23 heavy (non-hydrogen) atoms. The Morgan fingerprint density at radius 3 is 2.43 bits per heavy atom. The summed E-state index contributed by atoms with van der Waals surface area (Å²) in [6.07, 6.45) is 0.511. The van der Waals surface area contributed by atoms with Crippen LogP contribution in [-0.2, 0) is 24.8 Å². The molecule has 2 rings (SSSR count). The second-order valence-corrected chi connectivity index (χ2v) is 9.22. The van der Waals surface area contributed by atoms with Gasteiger partial charge in [0.2, 0.25) is 20.0 Å². The van der Waals surface area contributed by atoms with Crippen LogP contribution >= 0.6 is 0 Å². The van der Waals surface area contributed by atoms with Gasteiger partial charge in [-0.05, 0) is 37.6 Å². The van der Waals surface area contributed by atoms with Crippen LogP contribution in [0.4, 0.5) is 5.69 Å². The summed E-state index contributed by atoms with van der Waals surface area (Å²) in [5, 5.41) is 0. The average Bonchev–Trinajstić information content (AvgIpc) is 2.47. The minimum atomic E-state index is -3.61. The van der Waals surface area contributed by atoms with E-state index in [-0.39, 0.29) is 16.7 Å². The standard InChI is InChI=1S/C14H22N2O5S2/c1-3-10-22(17,18)15-13-4-6-14(7-5-13)23(19,20)16-8-9-21-11-12(16)2/h4-7,12,15H,3,8-11H2,1-2H3. The molecule has 1 aromatic carbocycles. The van der Waals surface area contributed by atoms with Gasteiger partial charge in [-0.2, -0.15) is 4.31 Å². The Labute approximate surface area is 137 Å². The Morgan fingerprint density at radius 2 is 1.87 bits per heavy atom. The molecule has 0 aromatic heterocycles. The normalized spacial score (nSPS) is 20.3. The zero-order chi connectivity index (χ0) is 17.1. The molecule has 1 atom stereocenters. The number of morpholine rings is 1. The number of nitrogens with one attached hydrogen (secondary N) is 1. The van der Waals surface area contributed by atoms with Gasteiger partial charge in [-0.25, -0.2) is 16.8 Å². The van der Waals surface area contributed by atoms with Gasteiger partial charge in [-0.1, -0.05) is 6.92 Å². The van der Waals surface area contributed by atoms with E-state index in [9.17, 15) is 16.8 Å². The molecule has 1 N–H and O–H groups in total. The van der Waals surface area contributed by atoms with Gasteiger partial charge in [-0.15, -0.1) is 0 Å². The molecule has 130 valence electrons. The summed E-state index contributed by atoms with van der Waals surface area (Å²) >= 11 is 0. The first-order valence-corrected chi connectivity index (χ1v) is 10.6. The monoisotopic (exact) mass is 362 g/mol. The van der Waals surface area contributed by atoms with E-state index in [4.69, 9.17) is 4.74 Å². The summed E-state index contributed by atoms with van der Waals surface area (Å²) in [7, 11) is -6.99. The first-order chi connectivity index (χ1) is 10.8. The van der Waals surface area contributed by atoms with Crippen molar-refractivity contribution in [1.82, 2.24) is 4.31 Å². The average molecular weight is 362 g/mol. The molecule has 1 saturated heterocycles. The van der Waals surface area contributed by atoms with Crippen LogP contribution in [0.3, 0.4) is 0 Å². The van der Waals surface area contributed by atoms with Crippen LogP contribution in [0.1, 0.15) is 20.3 Å². The fourth-order valence-electron chi connectivity index (χ4n) is 2.40. The van der Waals surface area contributed by atoms with Crippen molar-refractivity contribution >= 4 is 25.7 Å². The van der Waals surface area contributed by atoms with Crippen LogP contribution in [0, 0.1) is 0 Å². The van der Waals surface area contributed by atoms with Crippen molar-refractivity contribution in [2.24, 2.45) is 0 Å². The van der Waals surface area contributed by atoms with Gasteiger partial charge in [0.25, 0.3) is 0 Å². The molecule has 1 aliphatic rings. The van der Waals surface area contributed by atoms with Gasteiger partial charge >= 0.3 is 0 Å². The first-order valence-electron chi connectivity index (χ1n) is 7.46. The van der Waals surface area contributed by atoms with Crippen LogP contribution in [0.15, 0.2) is 29.2 Å². The SMILES string of the molecule is CCCS(=O)(=O)Nc1ccc(S(=O)(=O)N2CCOCC2C)cc1. The summed E-state index contributed by atoms with van der Waals surface area (Å²) in [6, 6.07) is 5.54. The van der Waals surface area contributed by atoms with Crippen molar-refractivity contribution in [2.75, 3.05) is 30.2 Å². The zero-order valence-electron chi connectivity index (χ0n) is 13.2. The van der Waals surface area contributed by atoms with E-state index >= 15 is 0 Å². The molecule has 0 saturated carbocycles. The second-order valence-electron chi connectivity index (χ2n) is 5.49. The highest BCUT2D eigenvalue weighted by Crippen LogP contribution is 2.22. The van der Waals surface area contributed by atoms with E-state index in [1.807, 2.05) is 0 Å². The lowest BCUT2D eigenvalue weighted by Crippen LogP contribution is -2.46. The van der Waals surface area contributed by atoms with Gasteiger partial charge in [0.05, 0.1) is 23.9 Å². The number of rotatable bonds is 6.